The molecule has 0 radical (unpaired) electrons. The fraction of sp³-hybridized carbons (Fsp3) is 0.435. The number of ether oxygens (including phenoxy) is 1. The van der Waals surface area contributed by atoms with Crippen molar-refractivity contribution in [2.45, 2.75) is 58.0 Å². The highest BCUT2D eigenvalue weighted by atomic mass is 32.2. The molecular formula is C23H33N3O6S2. The van der Waals surface area contributed by atoms with Crippen LogP contribution in [0.4, 0.5) is 11.4 Å². The van der Waals surface area contributed by atoms with E-state index in [9.17, 15) is 21.6 Å². The molecule has 0 fully saturated rings. The van der Waals surface area contributed by atoms with Gasteiger partial charge in [-0.25, -0.2) is 21.6 Å². The number of hydrogen-bond donors (Lipinski definition) is 2. The van der Waals surface area contributed by atoms with E-state index in [-0.39, 0.29) is 28.8 Å². The molecule has 0 saturated carbocycles. The summed E-state index contributed by atoms with van der Waals surface area (Å²) in [6, 6.07) is 7.87. The standard InChI is InChI=1S/C23H33N3O6S2/c1-8-21(26(33(7,28)29)18-10-9-16(4)17(5)13-18)23(27)24-20-14-19(11-12-22(20)32-6)34(30,31)25-15(2)3/h9-15,21,25H,8H2,1-7H3,(H,24,27)/t21-/m0/s1. The first-order valence-electron chi connectivity index (χ1n) is 10.8. The van der Waals surface area contributed by atoms with Gasteiger partial charge in [0.25, 0.3) is 0 Å². The van der Waals surface area contributed by atoms with Gasteiger partial charge in [0.1, 0.15) is 11.8 Å². The van der Waals surface area contributed by atoms with Crippen LogP contribution in [-0.2, 0) is 24.8 Å². The van der Waals surface area contributed by atoms with E-state index in [4.69, 9.17) is 4.74 Å². The highest BCUT2D eigenvalue weighted by Gasteiger charge is 2.32. The molecule has 188 valence electrons. The molecule has 0 spiro atoms. The predicted molar refractivity (Wildman–Crippen MR) is 134 cm³/mol. The van der Waals surface area contributed by atoms with Crippen molar-refractivity contribution in [2.75, 3.05) is 23.0 Å². The molecule has 1 atom stereocenters. The number of carbonyl (C=O) groups excluding carboxylic acids is 1. The molecular weight excluding hydrogens is 478 g/mol. The maximum atomic E-state index is 13.3. The second-order valence-corrected chi connectivity index (χ2v) is 12.0. The van der Waals surface area contributed by atoms with Gasteiger partial charge in [-0.15, -0.1) is 0 Å². The third kappa shape index (κ3) is 6.49. The Balaban J connectivity index is 2.50. The molecule has 1 amide bonds. The fourth-order valence-corrected chi connectivity index (χ4v) is 5.95. The number of rotatable bonds is 10. The summed E-state index contributed by atoms with van der Waals surface area (Å²) in [6.45, 7) is 8.87. The molecule has 0 aliphatic heterocycles. The van der Waals surface area contributed by atoms with Gasteiger partial charge in [-0.1, -0.05) is 13.0 Å². The summed E-state index contributed by atoms with van der Waals surface area (Å²) in [5.74, 6) is -0.375. The molecule has 0 aromatic heterocycles. The summed E-state index contributed by atoms with van der Waals surface area (Å²) < 4.78 is 59.5. The summed E-state index contributed by atoms with van der Waals surface area (Å²) >= 11 is 0. The van der Waals surface area contributed by atoms with Crippen LogP contribution >= 0.6 is 0 Å². The number of carbonyl (C=O) groups is 1. The van der Waals surface area contributed by atoms with Gasteiger partial charge < -0.3 is 10.1 Å². The van der Waals surface area contributed by atoms with E-state index in [0.29, 0.717) is 5.69 Å². The molecule has 9 nitrogen and oxygen atoms in total. The van der Waals surface area contributed by atoms with Crippen molar-refractivity contribution in [1.82, 2.24) is 4.72 Å². The van der Waals surface area contributed by atoms with Crippen LogP contribution in [-0.4, -0.2) is 48.2 Å². The highest BCUT2D eigenvalue weighted by Crippen LogP contribution is 2.30. The van der Waals surface area contributed by atoms with E-state index in [1.807, 2.05) is 13.8 Å². The first-order valence-corrected chi connectivity index (χ1v) is 14.1. The molecule has 2 rings (SSSR count). The number of anilines is 2. The third-order valence-corrected chi connectivity index (χ3v) is 8.04. The van der Waals surface area contributed by atoms with Crippen molar-refractivity contribution < 1.29 is 26.4 Å². The molecule has 0 unspecified atom stereocenters. The zero-order chi connectivity index (χ0) is 25.8. The van der Waals surface area contributed by atoms with E-state index in [2.05, 4.69) is 10.0 Å². The normalized spacial score (nSPS) is 12.9. The van der Waals surface area contributed by atoms with Gasteiger partial charge in [0, 0.05) is 6.04 Å². The van der Waals surface area contributed by atoms with Crippen molar-refractivity contribution in [1.29, 1.82) is 0 Å². The SMILES string of the molecule is CC[C@@H](C(=O)Nc1cc(S(=O)(=O)NC(C)C)ccc1OC)N(c1ccc(C)c(C)c1)S(C)(=O)=O. The summed E-state index contributed by atoms with van der Waals surface area (Å²) in [5.41, 5.74) is 2.37. The number of methoxy groups -OCH3 is 1. The first kappa shape index (κ1) is 27.6. The van der Waals surface area contributed by atoms with Crippen molar-refractivity contribution in [3.8, 4) is 5.75 Å². The van der Waals surface area contributed by atoms with Gasteiger partial charge in [-0.05, 0) is 75.6 Å². The van der Waals surface area contributed by atoms with Crippen LogP contribution < -0.4 is 19.1 Å². The van der Waals surface area contributed by atoms with Crippen LogP contribution in [0, 0.1) is 13.8 Å². The Bertz CT molecular complexity index is 1260. The van der Waals surface area contributed by atoms with Crippen molar-refractivity contribution in [3.05, 3.63) is 47.5 Å². The van der Waals surface area contributed by atoms with E-state index < -0.39 is 32.0 Å². The van der Waals surface area contributed by atoms with Gasteiger partial charge in [0.05, 0.1) is 29.6 Å². The maximum absolute atomic E-state index is 13.3. The largest absolute Gasteiger partial charge is 0.495 e. The Morgan fingerprint density at radius 2 is 1.68 bits per heavy atom. The molecule has 0 aliphatic rings. The number of hydrogen-bond acceptors (Lipinski definition) is 6. The van der Waals surface area contributed by atoms with E-state index in [0.717, 1.165) is 21.7 Å². The number of aryl methyl sites for hydroxylation is 2. The number of amides is 1. The zero-order valence-corrected chi connectivity index (χ0v) is 22.2. The monoisotopic (exact) mass is 511 g/mol. The lowest BCUT2D eigenvalue weighted by atomic mass is 10.1. The van der Waals surface area contributed by atoms with Gasteiger partial charge >= 0.3 is 0 Å². The minimum Gasteiger partial charge on any atom is -0.495 e. The van der Waals surface area contributed by atoms with Crippen molar-refractivity contribution in [2.24, 2.45) is 0 Å². The van der Waals surface area contributed by atoms with E-state index >= 15 is 0 Å². The number of sulfonamides is 2. The topological polar surface area (TPSA) is 122 Å². The minimum absolute atomic E-state index is 0.0560. The number of benzene rings is 2. The van der Waals surface area contributed by atoms with Gasteiger partial charge in [-0.3, -0.25) is 9.10 Å². The van der Waals surface area contributed by atoms with Crippen LogP contribution in [0.25, 0.3) is 0 Å². The molecule has 0 heterocycles. The Hall–Kier alpha value is -2.63. The Morgan fingerprint density at radius 3 is 2.18 bits per heavy atom. The molecule has 0 bridgehead atoms. The quantitative estimate of drug-likeness (QED) is 0.505. The molecule has 0 saturated heterocycles. The van der Waals surface area contributed by atoms with Crippen LogP contribution in [0.1, 0.15) is 38.3 Å². The average molecular weight is 512 g/mol. The number of nitrogens with one attached hydrogen (secondary N) is 2. The molecule has 11 heteroatoms. The average Bonchev–Trinajstić information content (AvgIpc) is 2.72. The van der Waals surface area contributed by atoms with E-state index in [1.165, 1.54) is 25.3 Å². The van der Waals surface area contributed by atoms with Crippen LogP contribution in [0.3, 0.4) is 0 Å². The Morgan fingerprint density at radius 1 is 1.03 bits per heavy atom. The first-order chi connectivity index (χ1) is 15.7. The Labute approximate surface area is 202 Å². The van der Waals surface area contributed by atoms with E-state index in [1.54, 1.807) is 39.0 Å². The fourth-order valence-electron chi connectivity index (χ4n) is 3.47. The maximum Gasteiger partial charge on any atom is 0.248 e. The van der Waals surface area contributed by atoms with Gasteiger partial charge in [-0.2, -0.15) is 0 Å². The smallest absolute Gasteiger partial charge is 0.248 e. The molecule has 2 aromatic carbocycles. The van der Waals surface area contributed by atoms with Crippen LogP contribution in [0.15, 0.2) is 41.3 Å². The molecule has 2 aromatic rings. The summed E-state index contributed by atoms with van der Waals surface area (Å²) in [5, 5.41) is 2.66. The lowest BCUT2D eigenvalue weighted by Gasteiger charge is -2.30. The van der Waals surface area contributed by atoms with Crippen LogP contribution in [0.5, 0.6) is 5.75 Å². The Kier molecular flexibility index (Phi) is 8.73. The van der Waals surface area contributed by atoms with Crippen molar-refractivity contribution >= 4 is 37.3 Å². The summed E-state index contributed by atoms with van der Waals surface area (Å²) in [4.78, 5) is 13.3. The second-order valence-electron chi connectivity index (χ2n) is 8.38. The van der Waals surface area contributed by atoms with Gasteiger partial charge in [0.15, 0.2) is 0 Å². The van der Waals surface area contributed by atoms with Gasteiger partial charge in [0.2, 0.25) is 26.0 Å². The van der Waals surface area contributed by atoms with Crippen molar-refractivity contribution in [3.63, 3.8) is 0 Å². The third-order valence-electron chi connectivity index (χ3n) is 5.20. The van der Waals surface area contributed by atoms with Crippen LogP contribution in [0.2, 0.25) is 0 Å². The lowest BCUT2D eigenvalue weighted by Crippen LogP contribution is -2.47. The number of nitrogens with zero attached hydrogens (tertiary/aromatic N) is 1. The lowest BCUT2D eigenvalue weighted by molar-refractivity contribution is -0.117. The molecule has 34 heavy (non-hydrogen) atoms. The summed E-state index contributed by atoms with van der Waals surface area (Å²) in [6.07, 6.45) is 1.23. The summed E-state index contributed by atoms with van der Waals surface area (Å²) in [7, 11) is -6.26. The second kappa shape index (κ2) is 10.7. The zero-order valence-electron chi connectivity index (χ0n) is 20.5. The predicted octanol–water partition coefficient (Wildman–Crippen LogP) is 3.18. The molecule has 0 aliphatic carbocycles. The minimum atomic E-state index is -3.82. The highest BCUT2D eigenvalue weighted by molar-refractivity contribution is 7.92. The molecule has 2 N–H and O–H groups in total.